The second kappa shape index (κ2) is 5.97. The van der Waals surface area contributed by atoms with Gasteiger partial charge in [-0.15, -0.1) is 0 Å². The molecule has 96 valence electrons. The third-order valence-electron chi connectivity index (χ3n) is 2.28. The van der Waals surface area contributed by atoms with Crippen LogP contribution in [0.25, 0.3) is 0 Å². The Hall–Kier alpha value is -1.14. The minimum atomic E-state index is -3.22. The summed E-state index contributed by atoms with van der Waals surface area (Å²) in [6.07, 6.45) is 3.55. The molecule has 0 aromatic carbocycles. The maximum atomic E-state index is 11.2. The molecule has 1 unspecified atom stereocenters. The molecule has 1 aromatic heterocycles. The lowest BCUT2D eigenvalue weighted by atomic mass is 10.2. The van der Waals surface area contributed by atoms with Crippen molar-refractivity contribution < 1.29 is 13.2 Å². The van der Waals surface area contributed by atoms with Gasteiger partial charge in [-0.05, 0) is 25.5 Å². The summed E-state index contributed by atoms with van der Waals surface area (Å²) in [5.41, 5.74) is 0.806. The van der Waals surface area contributed by atoms with Crippen LogP contribution in [0.15, 0.2) is 23.4 Å². The van der Waals surface area contributed by atoms with Crippen LogP contribution in [0.4, 0.5) is 5.69 Å². The van der Waals surface area contributed by atoms with Gasteiger partial charge in [0.05, 0.1) is 11.9 Å². The van der Waals surface area contributed by atoms with Crippen LogP contribution in [0.2, 0.25) is 0 Å². The van der Waals surface area contributed by atoms with Gasteiger partial charge in [-0.2, -0.15) is 0 Å². The molecule has 0 bridgehead atoms. The van der Waals surface area contributed by atoms with Gasteiger partial charge in [-0.25, -0.2) is 13.4 Å². The van der Waals surface area contributed by atoms with E-state index in [1.165, 1.54) is 12.3 Å². The lowest BCUT2D eigenvalue weighted by molar-refractivity contribution is 0.191. The summed E-state index contributed by atoms with van der Waals surface area (Å²) in [4.78, 5) is 3.90. The Bertz CT molecular complexity index is 442. The highest BCUT2D eigenvalue weighted by atomic mass is 32.2. The minimum Gasteiger partial charge on any atom is -0.385 e. The first kappa shape index (κ1) is 13.9. The number of rotatable bonds is 6. The molecule has 17 heavy (non-hydrogen) atoms. The number of hydrogen-bond donors (Lipinski definition) is 1. The van der Waals surface area contributed by atoms with Gasteiger partial charge in [0.1, 0.15) is 0 Å². The lowest BCUT2D eigenvalue weighted by Gasteiger charge is -2.14. The average molecular weight is 258 g/mol. The molecule has 0 aliphatic heterocycles. The Kier molecular flexibility index (Phi) is 4.89. The van der Waals surface area contributed by atoms with Crippen molar-refractivity contribution in [3.63, 3.8) is 0 Å². The molecule has 1 heterocycles. The minimum absolute atomic E-state index is 0.0904. The molecule has 1 rings (SSSR count). The van der Waals surface area contributed by atoms with Crippen molar-refractivity contribution in [1.29, 1.82) is 0 Å². The van der Waals surface area contributed by atoms with Crippen LogP contribution < -0.4 is 5.32 Å². The van der Waals surface area contributed by atoms with Crippen LogP contribution in [0.5, 0.6) is 0 Å². The molecule has 0 saturated carbocycles. The van der Waals surface area contributed by atoms with Gasteiger partial charge in [-0.3, -0.25) is 0 Å². The molecule has 0 saturated heterocycles. The maximum absolute atomic E-state index is 11.2. The molecule has 1 atom stereocenters. The van der Waals surface area contributed by atoms with E-state index in [9.17, 15) is 8.42 Å². The number of aromatic nitrogens is 1. The van der Waals surface area contributed by atoms with Crippen molar-refractivity contribution in [2.75, 3.05) is 25.3 Å². The van der Waals surface area contributed by atoms with Gasteiger partial charge in [0.25, 0.3) is 0 Å². The molecule has 0 fully saturated rings. The van der Waals surface area contributed by atoms with E-state index in [1.54, 1.807) is 13.2 Å². The number of hydrogen-bond acceptors (Lipinski definition) is 5. The Labute approximate surface area is 102 Å². The Morgan fingerprint density at radius 2 is 2.18 bits per heavy atom. The molecule has 1 aromatic rings. The van der Waals surface area contributed by atoms with E-state index in [0.717, 1.165) is 18.4 Å². The molecule has 0 aliphatic carbocycles. The van der Waals surface area contributed by atoms with Crippen LogP contribution in [-0.2, 0) is 14.6 Å². The second-order valence-electron chi connectivity index (χ2n) is 3.98. The van der Waals surface area contributed by atoms with Crippen molar-refractivity contribution in [2.24, 2.45) is 0 Å². The normalized spacial score (nSPS) is 13.4. The summed E-state index contributed by atoms with van der Waals surface area (Å²) in [6.45, 7) is 2.71. The Morgan fingerprint density at radius 1 is 1.47 bits per heavy atom. The van der Waals surface area contributed by atoms with Gasteiger partial charge < -0.3 is 10.1 Å². The Balaban J connectivity index is 2.63. The molecule has 0 amide bonds. The fourth-order valence-electron chi connectivity index (χ4n) is 1.34. The molecule has 0 spiro atoms. The van der Waals surface area contributed by atoms with E-state index in [0.29, 0.717) is 6.61 Å². The van der Waals surface area contributed by atoms with Gasteiger partial charge >= 0.3 is 0 Å². The van der Waals surface area contributed by atoms with Crippen LogP contribution in [0, 0.1) is 0 Å². The van der Waals surface area contributed by atoms with E-state index in [-0.39, 0.29) is 11.1 Å². The van der Waals surface area contributed by atoms with Crippen molar-refractivity contribution in [3.8, 4) is 0 Å². The fraction of sp³-hybridized carbons (Fsp3) is 0.545. The summed E-state index contributed by atoms with van der Waals surface area (Å²) in [7, 11) is -1.56. The molecule has 0 aliphatic rings. The van der Waals surface area contributed by atoms with Crippen molar-refractivity contribution in [2.45, 2.75) is 24.4 Å². The number of sulfone groups is 1. The Morgan fingerprint density at radius 3 is 2.65 bits per heavy atom. The van der Waals surface area contributed by atoms with E-state index in [4.69, 9.17) is 4.74 Å². The van der Waals surface area contributed by atoms with Gasteiger partial charge in [0.2, 0.25) is 0 Å². The summed E-state index contributed by atoms with van der Waals surface area (Å²) >= 11 is 0. The van der Waals surface area contributed by atoms with E-state index < -0.39 is 9.84 Å². The number of methoxy groups -OCH3 is 1. The molecule has 0 radical (unpaired) electrons. The van der Waals surface area contributed by atoms with Crippen LogP contribution in [-0.4, -0.2) is 39.4 Å². The third-order valence-corrected chi connectivity index (χ3v) is 3.29. The van der Waals surface area contributed by atoms with Crippen molar-refractivity contribution >= 4 is 15.5 Å². The maximum Gasteiger partial charge on any atom is 0.192 e. The quantitative estimate of drug-likeness (QED) is 0.833. The predicted octanol–water partition coefficient (Wildman–Crippen LogP) is 1.32. The monoisotopic (exact) mass is 258 g/mol. The number of nitrogens with one attached hydrogen (secondary N) is 1. The van der Waals surface area contributed by atoms with Gasteiger partial charge in [0.15, 0.2) is 14.9 Å². The highest BCUT2D eigenvalue weighted by Crippen LogP contribution is 2.12. The first-order chi connectivity index (χ1) is 7.93. The van der Waals surface area contributed by atoms with Gasteiger partial charge in [0, 0.05) is 26.0 Å². The average Bonchev–Trinajstić information content (AvgIpc) is 2.26. The van der Waals surface area contributed by atoms with E-state index >= 15 is 0 Å². The number of anilines is 1. The summed E-state index contributed by atoms with van der Waals surface area (Å²) in [5.74, 6) is 0. The summed E-state index contributed by atoms with van der Waals surface area (Å²) < 4.78 is 27.4. The number of pyridine rings is 1. The molecule has 5 nitrogen and oxygen atoms in total. The standard InChI is InChI=1S/C11H18N2O3S/c1-9(6-7-16-2)13-10-4-5-11(12-8-10)17(3,14)15/h4-5,8-9,13H,6-7H2,1-3H3. The third kappa shape index (κ3) is 4.70. The zero-order valence-corrected chi connectivity index (χ0v) is 11.1. The first-order valence-electron chi connectivity index (χ1n) is 5.35. The fourth-order valence-corrected chi connectivity index (χ4v) is 1.90. The molecular formula is C11H18N2O3S. The first-order valence-corrected chi connectivity index (χ1v) is 7.24. The highest BCUT2D eigenvalue weighted by molar-refractivity contribution is 7.90. The molecule has 1 N–H and O–H groups in total. The largest absolute Gasteiger partial charge is 0.385 e. The van der Waals surface area contributed by atoms with E-state index in [1.807, 2.05) is 6.92 Å². The molecular weight excluding hydrogens is 240 g/mol. The van der Waals surface area contributed by atoms with Crippen LogP contribution in [0.1, 0.15) is 13.3 Å². The zero-order chi connectivity index (χ0) is 12.9. The summed E-state index contributed by atoms with van der Waals surface area (Å²) in [6, 6.07) is 3.47. The smallest absolute Gasteiger partial charge is 0.192 e. The zero-order valence-electron chi connectivity index (χ0n) is 10.3. The second-order valence-corrected chi connectivity index (χ2v) is 5.95. The van der Waals surface area contributed by atoms with Crippen LogP contribution in [0.3, 0.4) is 0 Å². The van der Waals surface area contributed by atoms with Crippen molar-refractivity contribution in [3.05, 3.63) is 18.3 Å². The van der Waals surface area contributed by atoms with Crippen molar-refractivity contribution in [1.82, 2.24) is 4.98 Å². The molecule has 6 heteroatoms. The highest BCUT2D eigenvalue weighted by Gasteiger charge is 2.08. The van der Waals surface area contributed by atoms with Gasteiger partial charge in [-0.1, -0.05) is 0 Å². The van der Waals surface area contributed by atoms with E-state index in [2.05, 4.69) is 10.3 Å². The van der Waals surface area contributed by atoms with Crippen LogP contribution >= 0.6 is 0 Å². The predicted molar refractivity (Wildman–Crippen MR) is 66.9 cm³/mol. The topological polar surface area (TPSA) is 68.3 Å². The lowest BCUT2D eigenvalue weighted by Crippen LogP contribution is -2.17. The SMILES string of the molecule is COCCC(C)Nc1ccc(S(C)(=O)=O)nc1. The number of ether oxygens (including phenoxy) is 1. The number of nitrogens with zero attached hydrogens (tertiary/aromatic N) is 1. The summed E-state index contributed by atoms with van der Waals surface area (Å²) in [5, 5.41) is 3.31.